The molecule has 0 amide bonds. The number of ether oxygens (including phenoxy) is 1. The highest BCUT2D eigenvalue weighted by Crippen LogP contribution is 2.55. The molecule has 3 aromatic rings. The molecule has 0 radical (unpaired) electrons. The van der Waals surface area contributed by atoms with E-state index >= 15 is 0 Å². The van der Waals surface area contributed by atoms with Gasteiger partial charge >= 0.3 is 15.2 Å². The van der Waals surface area contributed by atoms with Crippen LogP contribution in [0.4, 0.5) is 5.82 Å². The summed E-state index contributed by atoms with van der Waals surface area (Å²) in [5.74, 6) is -0.901. The Morgan fingerprint density at radius 1 is 1.23 bits per heavy atom. The van der Waals surface area contributed by atoms with Crippen LogP contribution in [0.3, 0.4) is 0 Å². The average molecular weight is 549 g/mol. The van der Waals surface area contributed by atoms with Gasteiger partial charge in [0.1, 0.15) is 6.10 Å². The van der Waals surface area contributed by atoms with Crippen LogP contribution < -0.4 is 4.90 Å². The first-order valence-electron chi connectivity index (χ1n) is 10.3. The van der Waals surface area contributed by atoms with E-state index in [1.807, 2.05) is 42.3 Å². The molecule has 1 aliphatic heterocycles. The summed E-state index contributed by atoms with van der Waals surface area (Å²) in [5.41, 5.74) is 1.56. The summed E-state index contributed by atoms with van der Waals surface area (Å²) < 4.78 is 34.6. The van der Waals surface area contributed by atoms with Gasteiger partial charge in [-0.05, 0) is 17.2 Å². The lowest BCUT2D eigenvalue weighted by Gasteiger charge is -2.19. The summed E-state index contributed by atoms with van der Waals surface area (Å²) >= 11 is 6.16. The minimum atomic E-state index is -4.76. The van der Waals surface area contributed by atoms with Gasteiger partial charge in [-0.25, -0.2) is 0 Å². The summed E-state index contributed by atoms with van der Waals surface area (Å²) in [6, 6.07) is 9.68. The molecule has 4 rings (SSSR count). The van der Waals surface area contributed by atoms with Crippen molar-refractivity contribution >= 4 is 43.8 Å². The number of anilines is 1. The van der Waals surface area contributed by atoms with E-state index in [-0.39, 0.29) is 17.4 Å². The van der Waals surface area contributed by atoms with Crippen LogP contribution in [0.2, 0.25) is 5.28 Å². The van der Waals surface area contributed by atoms with Crippen molar-refractivity contribution in [3.8, 4) is 0 Å². The normalized spacial score (nSPS) is 22.4. The molecule has 1 saturated heterocycles. The van der Waals surface area contributed by atoms with Gasteiger partial charge in [-0.3, -0.25) is 9.13 Å². The molecular formula is C18H23ClN6O8P2. The Morgan fingerprint density at radius 3 is 2.63 bits per heavy atom. The van der Waals surface area contributed by atoms with Crippen LogP contribution in [0.25, 0.3) is 11.2 Å². The van der Waals surface area contributed by atoms with Gasteiger partial charge in [-0.2, -0.15) is 14.6 Å². The van der Waals surface area contributed by atoms with Crippen molar-refractivity contribution in [3.05, 3.63) is 41.2 Å². The highest BCUT2D eigenvalue weighted by molar-refractivity contribution is 7.70. The van der Waals surface area contributed by atoms with Gasteiger partial charge in [0.15, 0.2) is 29.1 Å². The summed E-state index contributed by atoms with van der Waals surface area (Å²) in [7, 11) is -7.51. The first-order valence-corrected chi connectivity index (χ1v) is 14.2. The second kappa shape index (κ2) is 10.2. The lowest BCUT2D eigenvalue weighted by atomic mass is 10.2. The number of hydrogen-bond donors (Lipinski definition) is 4. The van der Waals surface area contributed by atoms with Crippen LogP contribution in [0, 0.1) is 0 Å². The van der Waals surface area contributed by atoms with E-state index in [9.17, 15) is 19.1 Å². The molecule has 1 fully saturated rings. The molecule has 2 aromatic heterocycles. The monoisotopic (exact) mass is 548 g/mol. The van der Waals surface area contributed by atoms with E-state index < -0.39 is 46.1 Å². The lowest BCUT2D eigenvalue weighted by molar-refractivity contribution is -0.0537. The Labute approximate surface area is 204 Å². The molecule has 35 heavy (non-hydrogen) atoms. The van der Waals surface area contributed by atoms with E-state index in [0.29, 0.717) is 17.9 Å². The van der Waals surface area contributed by atoms with Crippen LogP contribution >= 0.6 is 26.8 Å². The number of aromatic nitrogens is 5. The fraction of sp³-hybridized carbons (Fsp3) is 0.444. The maximum absolute atomic E-state index is 11.9. The second-order valence-electron chi connectivity index (χ2n) is 8.06. The third kappa shape index (κ3) is 6.42. The molecule has 4 N–H and O–H groups in total. The van der Waals surface area contributed by atoms with Gasteiger partial charge in [-0.15, -0.1) is 5.10 Å². The summed E-state index contributed by atoms with van der Waals surface area (Å²) in [6.45, 7) is 0.0305. The Hall–Kier alpha value is -1.99. The number of hydrogen-bond acceptors (Lipinski definition) is 10. The summed E-state index contributed by atoms with van der Waals surface area (Å²) in [6.07, 6.45) is -3.02. The second-order valence-corrected chi connectivity index (χ2v) is 12.4. The molecular weight excluding hydrogens is 526 g/mol. The summed E-state index contributed by atoms with van der Waals surface area (Å²) in [5, 5.41) is 18.7. The van der Waals surface area contributed by atoms with Gasteiger partial charge in [0, 0.05) is 20.0 Å². The van der Waals surface area contributed by atoms with E-state index in [1.165, 1.54) is 4.68 Å². The van der Waals surface area contributed by atoms with Crippen LogP contribution in [-0.2, 0) is 24.9 Å². The lowest BCUT2D eigenvalue weighted by Crippen LogP contribution is -2.22. The molecule has 190 valence electrons. The number of aliphatic hydroxyl groups excluding tert-OH is 1. The van der Waals surface area contributed by atoms with E-state index in [1.54, 1.807) is 0 Å². The first kappa shape index (κ1) is 26.1. The maximum atomic E-state index is 11.9. The van der Waals surface area contributed by atoms with Gasteiger partial charge in [0.25, 0.3) is 0 Å². The Balaban J connectivity index is 1.52. The number of rotatable bonds is 9. The highest BCUT2D eigenvalue weighted by atomic mass is 35.5. The Morgan fingerprint density at radius 2 is 1.94 bits per heavy atom. The van der Waals surface area contributed by atoms with Crippen LogP contribution in [0.1, 0.15) is 18.2 Å². The molecule has 14 nitrogen and oxygen atoms in total. The van der Waals surface area contributed by atoms with Crippen molar-refractivity contribution in [1.29, 1.82) is 0 Å². The standard InChI is InChI=1S/C18H23ClN6O8P2/c1-24(8-11-5-3-2-4-6-11)15-14-16(21-18(19)20-15)25(23-22-14)17-13(26)7-12(33-17)9-32-35(30,31)10-34(27,28)29/h2-6,12-13,17,26H,7-10H2,1H3,(H,30,31)(H2,27,28,29)/t12-,13+,17+/m0/s1. The first-order chi connectivity index (χ1) is 16.4. The Kier molecular flexibility index (Phi) is 7.58. The smallest absolute Gasteiger partial charge is 0.340 e. The van der Waals surface area contributed by atoms with Crippen LogP contribution in [-0.4, -0.2) is 76.5 Å². The fourth-order valence-electron chi connectivity index (χ4n) is 3.69. The average Bonchev–Trinajstić information content (AvgIpc) is 3.33. The predicted molar refractivity (Wildman–Crippen MR) is 124 cm³/mol. The Bertz CT molecular complexity index is 1290. The van der Waals surface area contributed by atoms with Gasteiger partial charge in [-0.1, -0.05) is 35.5 Å². The third-order valence-corrected chi connectivity index (χ3v) is 8.76. The van der Waals surface area contributed by atoms with E-state index in [0.717, 1.165) is 5.56 Å². The molecule has 0 bridgehead atoms. The molecule has 1 aliphatic rings. The predicted octanol–water partition coefficient (Wildman–Crippen LogP) is 1.50. The largest absolute Gasteiger partial charge is 0.388 e. The molecule has 17 heteroatoms. The number of halogens is 1. The van der Waals surface area contributed by atoms with Gasteiger partial charge < -0.3 is 33.9 Å². The van der Waals surface area contributed by atoms with E-state index in [4.69, 9.17) is 30.6 Å². The molecule has 0 aliphatic carbocycles. The van der Waals surface area contributed by atoms with Crippen molar-refractivity contribution in [2.75, 3.05) is 24.5 Å². The summed E-state index contributed by atoms with van der Waals surface area (Å²) in [4.78, 5) is 37.7. The zero-order valence-electron chi connectivity index (χ0n) is 18.3. The quantitative estimate of drug-likeness (QED) is 0.222. The minimum Gasteiger partial charge on any atom is -0.388 e. The zero-order valence-corrected chi connectivity index (χ0v) is 20.9. The van der Waals surface area contributed by atoms with Crippen molar-refractivity contribution in [2.45, 2.75) is 31.4 Å². The minimum absolute atomic E-state index is 0.00150. The van der Waals surface area contributed by atoms with E-state index in [2.05, 4.69) is 20.3 Å². The molecule has 0 saturated carbocycles. The number of fused-ring (bicyclic) bond motifs is 1. The van der Waals surface area contributed by atoms with Crippen LogP contribution in [0.15, 0.2) is 30.3 Å². The molecule has 0 spiro atoms. The van der Waals surface area contributed by atoms with Crippen LogP contribution in [0.5, 0.6) is 0 Å². The van der Waals surface area contributed by atoms with Crippen molar-refractivity contribution < 1.29 is 38.2 Å². The SMILES string of the molecule is CN(Cc1ccccc1)c1nc(Cl)nc2c1nnn2[C@@H]1O[C@H](COP(=O)(O)CP(=O)(O)O)C[C@H]1O. The maximum Gasteiger partial charge on any atom is 0.340 e. The van der Waals surface area contributed by atoms with Gasteiger partial charge in [0.05, 0.1) is 12.7 Å². The molecule has 1 aromatic carbocycles. The van der Waals surface area contributed by atoms with Gasteiger partial charge in [0.2, 0.25) is 5.28 Å². The molecule has 3 heterocycles. The fourth-order valence-corrected chi connectivity index (χ4v) is 6.44. The molecule has 1 unspecified atom stereocenters. The number of benzene rings is 1. The number of aliphatic hydroxyl groups is 1. The number of nitrogens with zero attached hydrogens (tertiary/aromatic N) is 6. The van der Waals surface area contributed by atoms with Crippen molar-refractivity contribution in [1.82, 2.24) is 25.0 Å². The third-order valence-electron chi connectivity index (χ3n) is 5.13. The topological polar surface area (TPSA) is 193 Å². The zero-order chi connectivity index (χ0) is 25.4. The molecule has 4 atom stereocenters. The highest BCUT2D eigenvalue weighted by Gasteiger charge is 2.40. The van der Waals surface area contributed by atoms with Crippen molar-refractivity contribution in [2.24, 2.45) is 0 Å². The van der Waals surface area contributed by atoms with Crippen molar-refractivity contribution in [3.63, 3.8) is 0 Å².